The van der Waals surface area contributed by atoms with E-state index in [9.17, 15) is 4.79 Å². The van der Waals surface area contributed by atoms with Crippen molar-refractivity contribution in [1.82, 2.24) is 9.97 Å². The van der Waals surface area contributed by atoms with Crippen molar-refractivity contribution in [1.29, 1.82) is 0 Å². The molecule has 0 radical (unpaired) electrons. The number of aromatic nitrogens is 2. The minimum absolute atomic E-state index is 0. The van der Waals surface area contributed by atoms with Gasteiger partial charge in [0.1, 0.15) is 18.8 Å². The zero-order chi connectivity index (χ0) is 16.4. The van der Waals surface area contributed by atoms with Crippen molar-refractivity contribution in [2.45, 2.75) is 6.42 Å². The average Bonchev–Trinajstić information content (AvgIpc) is 3.02. The summed E-state index contributed by atoms with van der Waals surface area (Å²) in [6.45, 7) is 0.283. The number of amides is 1. The maximum Gasteiger partial charge on any atom is 0.434 e. The second kappa shape index (κ2) is 7.27. The number of halogens is 1. The molecule has 1 aliphatic heterocycles. The summed E-state index contributed by atoms with van der Waals surface area (Å²) in [6, 6.07) is 15.8. The van der Waals surface area contributed by atoms with Gasteiger partial charge in [-0.25, -0.2) is 14.8 Å². The summed E-state index contributed by atoms with van der Waals surface area (Å²) in [4.78, 5) is 23.4. The van der Waals surface area contributed by atoms with Crippen LogP contribution in [0.25, 0.3) is 10.9 Å². The Bertz CT molecular complexity index is 936. The highest BCUT2D eigenvalue weighted by atomic mass is 35.5. The van der Waals surface area contributed by atoms with Crippen LogP contribution in [0.4, 0.5) is 16.3 Å². The summed E-state index contributed by atoms with van der Waals surface area (Å²) in [5.74, 6) is 0.771. The number of hydrogen-bond donors (Lipinski definition) is 1. The first-order valence-corrected chi connectivity index (χ1v) is 7.57. The minimum atomic E-state index is -0.501. The van der Waals surface area contributed by atoms with E-state index >= 15 is 0 Å². The van der Waals surface area contributed by atoms with E-state index < -0.39 is 6.09 Å². The molecule has 0 bridgehead atoms. The molecule has 1 amide bonds. The van der Waals surface area contributed by atoms with Crippen LogP contribution >= 0.6 is 12.4 Å². The van der Waals surface area contributed by atoms with Gasteiger partial charge in [0.15, 0.2) is 0 Å². The Morgan fingerprint density at radius 1 is 1.04 bits per heavy atom. The van der Waals surface area contributed by atoms with Crippen LogP contribution < -0.4 is 5.32 Å². The molecule has 0 unspecified atom stereocenters. The van der Waals surface area contributed by atoms with Crippen molar-refractivity contribution < 1.29 is 9.53 Å². The van der Waals surface area contributed by atoms with Crippen molar-refractivity contribution >= 4 is 46.6 Å². The van der Waals surface area contributed by atoms with E-state index in [1.165, 1.54) is 0 Å². The van der Waals surface area contributed by atoms with Crippen LogP contribution in [0.1, 0.15) is 5.56 Å². The molecule has 2 heterocycles. The number of hydrogen-bond acceptors (Lipinski definition) is 5. The largest absolute Gasteiger partial charge is 0.442 e. The molecular formula is C18H15ClN4O2. The number of carbonyl (C=O) groups is 1. The summed E-state index contributed by atoms with van der Waals surface area (Å²) in [7, 11) is 0. The Kier molecular flexibility index (Phi) is 4.90. The standard InChI is InChI=1S/C18H14N4O2.ClH/c23-18-22-14(10-24-18)9-12-5-7-13(8-6-12)21-17-15-3-1-2-4-16(15)19-11-20-17;/h1-8,11H,9-10H2,(H,19,20,21);1H. The lowest BCUT2D eigenvalue weighted by Gasteiger charge is -2.09. The third kappa shape index (κ3) is 3.75. The van der Waals surface area contributed by atoms with E-state index in [0.29, 0.717) is 6.42 Å². The highest BCUT2D eigenvalue weighted by Gasteiger charge is 2.14. The molecule has 7 heteroatoms. The molecule has 3 aromatic rings. The fourth-order valence-corrected chi connectivity index (χ4v) is 2.61. The van der Waals surface area contributed by atoms with Gasteiger partial charge < -0.3 is 10.1 Å². The molecule has 1 aromatic heterocycles. The van der Waals surface area contributed by atoms with Gasteiger partial charge >= 0.3 is 6.09 Å². The SMILES string of the molecule is Cl.O=C1N=C(Cc2ccc(Nc3ncnc4ccccc34)cc2)CO1. The number of ether oxygens (including phenoxy) is 1. The van der Waals surface area contributed by atoms with Crippen molar-refractivity contribution in [2.75, 3.05) is 11.9 Å². The average molecular weight is 355 g/mol. The normalized spacial score (nSPS) is 13.1. The molecule has 6 nitrogen and oxygen atoms in total. The third-order valence-corrected chi connectivity index (χ3v) is 3.78. The summed E-state index contributed by atoms with van der Waals surface area (Å²) in [6.07, 6.45) is 1.66. The first-order valence-electron chi connectivity index (χ1n) is 7.57. The number of nitrogens with zero attached hydrogens (tertiary/aromatic N) is 3. The van der Waals surface area contributed by atoms with Crippen molar-refractivity contribution in [3.63, 3.8) is 0 Å². The van der Waals surface area contributed by atoms with Gasteiger partial charge in [0, 0.05) is 17.5 Å². The lowest BCUT2D eigenvalue weighted by Crippen LogP contribution is -2.05. The second-order valence-corrected chi connectivity index (χ2v) is 5.47. The number of anilines is 2. The van der Waals surface area contributed by atoms with Gasteiger partial charge in [0.2, 0.25) is 0 Å². The Morgan fingerprint density at radius 2 is 1.84 bits per heavy atom. The highest BCUT2D eigenvalue weighted by molar-refractivity contribution is 6.00. The molecule has 0 saturated carbocycles. The molecule has 0 aliphatic carbocycles. The van der Waals surface area contributed by atoms with Crippen LogP contribution in [0, 0.1) is 0 Å². The number of fused-ring (bicyclic) bond motifs is 1. The Morgan fingerprint density at radius 3 is 2.60 bits per heavy atom. The Balaban J connectivity index is 0.00000182. The molecular weight excluding hydrogens is 340 g/mol. The van der Waals surface area contributed by atoms with Gasteiger partial charge in [0.05, 0.1) is 11.2 Å². The van der Waals surface area contributed by atoms with E-state index in [2.05, 4.69) is 20.3 Å². The number of aliphatic imine (C=N–C) groups is 1. The highest BCUT2D eigenvalue weighted by Crippen LogP contribution is 2.23. The maximum absolute atomic E-state index is 11.0. The van der Waals surface area contributed by atoms with E-state index in [1.807, 2.05) is 48.5 Å². The zero-order valence-corrected chi connectivity index (χ0v) is 14.0. The molecule has 25 heavy (non-hydrogen) atoms. The van der Waals surface area contributed by atoms with Crippen LogP contribution in [0.5, 0.6) is 0 Å². The number of carbonyl (C=O) groups excluding carboxylic acids is 1. The van der Waals surface area contributed by atoms with E-state index in [-0.39, 0.29) is 19.0 Å². The van der Waals surface area contributed by atoms with Crippen molar-refractivity contribution in [3.05, 3.63) is 60.4 Å². The smallest absolute Gasteiger partial charge is 0.434 e. The summed E-state index contributed by atoms with van der Waals surface area (Å²) >= 11 is 0. The van der Waals surface area contributed by atoms with Gasteiger partial charge in [-0.3, -0.25) is 0 Å². The van der Waals surface area contributed by atoms with E-state index in [1.54, 1.807) is 6.33 Å². The van der Waals surface area contributed by atoms with Gasteiger partial charge in [-0.2, -0.15) is 4.99 Å². The van der Waals surface area contributed by atoms with Gasteiger partial charge in [-0.1, -0.05) is 24.3 Å². The fourth-order valence-electron chi connectivity index (χ4n) is 2.61. The minimum Gasteiger partial charge on any atom is -0.442 e. The summed E-state index contributed by atoms with van der Waals surface area (Å²) in [5, 5.41) is 4.29. The van der Waals surface area contributed by atoms with Crippen LogP contribution in [0.3, 0.4) is 0 Å². The summed E-state index contributed by atoms with van der Waals surface area (Å²) in [5.41, 5.74) is 3.66. The zero-order valence-electron chi connectivity index (χ0n) is 13.2. The summed E-state index contributed by atoms with van der Waals surface area (Å²) < 4.78 is 4.81. The van der Waals surface area contributed by atoms with Gasteiger partial charge in [0.25, 0.3) is 0 Å². The number of para-hydroxylation sites is 1. The Hall–Kier alpha value is -2.99. The van der Waals surface area contributed by atoms with Crippen LogP contribution in [-0.4, -0.2) is 28.4 Å². The van der Waals surface area contributed by atoms with E-state index in [4.69, 9.17) is 4.74 Å². The number of benzene rings is 2. The quantitative estimate of drug-likeness (QED) is 0.768. The molecule has 2 aromatic carbocycles. The molecule has 126 valence electrons. The monoisotopic (exact) mass is 354 g/mol. The topological polar surface area (TPSA) is 76.5 Å². The molecule has 1 aliphatic rings. The van der Waals surface area contributed by atoms with Gasteiger partial charge in [-0.15, -0.1) is 12.4 Å². The number of rotatable bonds is 4. The van der Waals surface area contributed by atoms with E-state index in [0.717, 1.165) is 33.7 Å². The molecule has 0 atom stereocenters. The first-order chi connectivity index (χ1) is 11.8. The predicted octanol–water partition coefficient (Wildman–Crippen LogP) is 3.93. The third-order valence-electron chi connectivity index (χ3n) is 3.78. The predicted molar refractivity (Wildman–Crippen MR) is 99.0 cm³/mol. The lowest BCUT2D eigenvalue weighted by atomic mass is 10.1. The number of cyclic esters (lactones) is 1. The molecule has 0 spiro atoms. The first kappa shape index (κ1) is 16.9. The van der Waals surface area contributed by atoms with Crippen LogP contribution in [-0.2, 0) is 11.2 Å². The van der Waals surface area contributed by atoms with Crippen molar-refractivity contribution in [2.24, 2.45) is 4.99 Å². The van der Waals surface area contributed by atoms with Crippen LogP contribution in [0.2, 0.25) is 0 Å². The fraction of sp³-hybridized carbons (Fsp3) is 0.111. The Labute approximate surface area is 150 Å². The molecule has 1 N–H and O–H groups in total. The van der Waals surface area contributed by atoms with Crippen LogP contribution in [0.15, 0.2) is 59.9 Å². The van der Waals surface area contributed by atoms with Crippen molar-refractivity contribution in [3.8, 4) is 0 Å². The second-order valence-electron chi connectivity index (χ2n) is 5.47. The van der Waals surface area contributed by atoms with Gasteiger partial charge in [-0.05, 0) is 29.8 Å². The number of nitrogens with one attached hydrogen (secondary N) is 1. The molecule has 4 rings (SSSR count). The molecule has 0 saturated heterocycles. The molecule has 0 fully saturated rings. The maximum atomic E-state index is 11.0. The lowest BCUT2D eigenvalue weighted by molar-refractivity contribution is 0.181.